The van der Waals surface area contributed by atoms with E-state index in [9.17, 15) is 9.59 Å². The molecule has 20 heavy (non-hydrogen) atoms. The lowest BCUT2D eigenvalue weighted by molar-refractivity contribution is -0.131. The van der Waals surface area contributed by atoms with Crippen molar-refractivity contribution in [2.45, 2.75) is 19.9 Å². The first-order chi connectivity index (χ1) is 9.61. The van der Waals surface area contributed by atoms with Crippen LogP contribution in [0.4, 0.5) is 0 Å². The van der Waals surface area contributed by atoms with E-state index in [0.717, 1.165) is 17.4 Å². The molecule has 0 unspecified atom stereocenters. The molecule has 104 valence electrons. The molecule has 0 aliphatic carbocycles. The molecular weight excluding hydrogens is 276 g/mol. The lowest BCUT2D eigenvalue weighted by Gasteiger charge is -2.07. The topological polar surface area (TPSA) is 72.2 Å². The van der Waals surface area contributed by atoms with Crippen LogP contribution in [0, 0.1) is 0 Å². The van der Waals surface area contributed by atoms with E-state index in [2.05, 4.69) is 5.10 Å². The number of thiophene rings is 1. The van der Waals surface area contributed by atoms with Crippen molar-refractivity contribution in [1.82, 2.24) is 9.78 Å². The Morgan fingerprint density at radius 3 is 2.95 bits per heavy atom. The van der Waals surface area contributed by atoms with Crippen LogP contribution in [0.2, 0.25) is 0 Å². The summed E-state index contributed by atoms with van der Waals surface area (Å²) in [6.45, 7) is 2.46. The number of carboxylic acid groups (broad SMARTS) is 1. The van der Waals surface area contributed by atoms with Crippen molar-refractivity contribution in [3.05, 3.63) is 45.6 Å². The van der Waals surface area contributed by atoms with Crippen LogP contribution in [-0.4, -0.2) is 20.9 Å². The van der Waals surface area contributed by atoms with Gasteiger partial charge in [0.25, 0.3) is 5.56 Å². The fourth-order valence-electron chi connectivity index (χ4n) is 1.75. The van der Waals surface area contributed by atoms with Gasteiger partial charge < -0.3 is 5.11 Å². The number of carboxylic acids is 1. The van der Waals surface area contributed by atoms with E-state index in [-0.39, 0.29) is 5.56 Å². The van der Waals surface area contributed by atoms with Gasteiger partial charge in [-0.3, -0.25) is 4.79 Å². The number of carbonyl (C=O) groups is 1. The van der Waals surface area contributed by atoms with Gasteiger partial charge in [-0.1, -0.05) is 13.0 Å². The molecule has 2 heterocycles. The zero-order valence-electron chi connectivity index (χ0n) is 10.9. The normalized spacial score (nSPS) is 11.1. The number of hydrogen-bond donors (Lipinski definition) is 1. The third-order valence-electron chi connectivity index (χ3n) is 2.62. The summed E-state index contributed by atoms with van der Waals surface area (Å²) < 4.78 is 1.39. The molecule has 1 N–H and O–H groups in total. The predicted octanol–water partition coefficient (Wildman–Crippen LogP) is 2.48. The summed E-state index contributed by atoms with van der Waals surface area (Å²) in [7, 11) is 0. The van der Waals surface area contributed by atoms with Gasteiger partial charge in [-0.25, -0.2) is 9.48 Å². The first kappa shape index (κ1) is 14.2. The fraction of sp³-hybridized carbons (Fsp3) is 0.214. The van der Waals surface area contributed by atoms with Crippen LogP contribution in [0.3, 0.4) is 0 Å². The van der Waals surface area contributed by atoms with Gasteiger partial charge in [0, 0.05) is 18.2 Å². The van der Waals surface area contributed by atoms with Crippen LogP contribution in [0.1, 0.15) is 18.9 Å². The fourth-order valence-corrected chi connectivity index (χ4v) is 2.43. The van der Waals surface area contributed by atoms with Gasteiger partial charge in [-0.2, -0.15) is 5.10 Å². The summed E-state index contributed by atoms with van der Waals surface area (Å²) in [6.07, 6.45) is 3.06. The van der Waals surface area contributed by atoms with E-state index >= 15 is 0 Å². The van der Waals surface area contributed by atoms with Gasteiger partial charge in [0.05, 0.1) is 4.88 Å². The van der Waals surface area contributed by atoms with Gasteiger partial charge in [-0.15, -0.1) is 11.3 Å². The molecule has 0 bridgehead atoms. The molecular formula is C14H14N2O3S. The maximum Gasteiger partial charge on any atom is 0.328 e. The largest absolute Gasteiger partial charge is 0.478 e. The molecule has 0 amide bonds. The Morgan fingerprint density at radius 2 is 2.35 bits per heavy atom. The van der Waals surface area contributed by atoms with Crippen LogP contribution >= 0.6 is 11.3 Å². The Hall–Kier alpha value is -2.21. The Morgan fingerprint density at radius 1 is 1.55 bits per heavy atom. The van der Waals surface area contributed by atoms with Crippen molar-refractivity contribution < 1.29 is 9.90 Å². The minimum atomic E-state index is -1.08. The Balaban J connectivity index is 2.55. The molecule has 2 aromatic heterocycles. The van der Waals surface area contributed by atoms with Crippen LogP contribution in [0.5, 0.6) is 0 Å². The summed E-state index contributed by atoms with van der Waals surface area (Å²) >= 11 is 1.52. The van der Waals surface area contributed by atoms with Crippen molar-refractivity contribution >= 4 is 23.4 Å². The molecule has 2 aromatic rings. The SMILES string of the molecule is CCCn1nc(-c2cccs2)cc(/C=C/C(=O)O)c1=O. The molecule has 2 rings (SSSR count). The molecule has 0 fully saturated rings. The summed E-state index contributed by atoms with van der Waals surface area (Å²) in [4.78, 5) is 23.7. The zero-order valence-corrected chi connectivity index (χ0v) is 11.8. The Labute approximate surface area is 119 Å². The zero-order chi connectivity index (χ0) is 14.5. The second-order valence-corrected chi connectivity index (χ2v) is 5.11. The van der Waals surface area contributed by atoms with E-state index in [1.165, 1.54) is 22.1 Å². The average Bonchev–Trinajstić information content (AvgIpc) is 2.93. The van der Waals surface area contributed by atoms with E-state index in [0.29, 0.717) is 17.8 Å². The van der Waals surface area contributed by atoms with E-state index < -0.39 is 5.97 Å². The van der Waals surface area contributed by atoms with Crippen LogP contribution < -0.4 is 5.56 Å². The van der Waals surface area contributed by atoms with Crippen LogP contribution in [0.25, 0.3) is 16.6 Å². The van der Waals surface area contributed by atoms with Crippen molar-refractivity contribution in [3.8, 4) is 10.6 Å². The highest BCUT2D eigenvalue weighted by molar-refractivity contribution is 7.13. The smallest absolute Gasteiger partial charge is 0.328 e. The molecule has 0 atom stereocenters. The highest BCUT2D eigenvalue weighted by Crippen LogP contribution is 2.22. The number of hydrogen-bond acceptors (Lipinski definition) is 4. The van der Waals surface area contributed by atoms with Crippen LogP contribution in [-0.2, 0) is 11.3 Å². The van der Waals surface area contributed by atoms with Crippen LogP contribution in [0.15, 0.2) is 34.4 Å². The number of aromatic nitrogens is 2. The highest BCUT2D eigenvalue weighted by Gasteiger charge is 2.08. The van der Waals surface area contributed by atoms with Gasteiger partial charge in [0.2, 0.25) is 0 Å². The quantitative estimate of drug-likeness (QED) is 0.859. The van der Waals surface area contributed by atoms with Gasteiger partial charge in [0.1, 0.15) is 5.69 Å². The number of rotatable bonds is 5. The van der Waals surface area contributed by atoms with E-state index in [4.69, 9.17) is 5.11 Å². The summed E-state index contributed by atoms with van der Waals surface area (Å²) in [5, 5.41) is 14.9. The molecule has 0 aliphatic rings. The molecule has 0 saturated carbocycles. The average molecular weight is 290 g/mol. The van der Waals surface area contributed by atoms with Crippen molar-refractivity contribution in [2.75, 3.05) is 0 Å². The van der Waals surface area contributed by atoms with Crippen molar-refractivity contribution in [2.24, 2.45) is 0 Å². The third kappa shape index (κ3) is 3.21. The van der Waals surface area contributed by atoms with Crippen molar-refractivity contribution in [3.63, 3.8) is 0 Å². The molecule has 0 saturated heterocycles. The van der Waals surface area contributed by atoms with Gasteiger partial charge in [0.15, 0.2) is 0 Å². The minimum Gasteiger partial charge on any atom is -0.478 e. The second-order valence-electron chi connectivity index (χ2n) is 4.16. The van der Waals surface area contributed by atoms with Gasteiger partial charge in [-0.05, 0) is 30.0 Å². The Bertz CT molecular complexity index is 687. The van der Waals surface area contributed by atoms with Gasteiger partial charge >= 0.3 is 5.97 Å². The first-order valence-corrected chi connectivity index (χ1v) is 7.07. The maximum atomic E-state index is 12.2. The van der Waals surface area contributed by atoms with E-state index in [1.807, 2.05) is 24.4 Å². The highest BCUT2D eigenvalue weighted by atomic mass is 32.1. The summed E-state index contributed by atoms with van der Waals surface area (Å²) in [6, 6.07) is 5.45. The Kier molecular flexibility index (Phi) is 4.47. The maximum absolute atomic E-state index is 12.2. The first-order valence-electron chi connectivity index (χ1n) is 6.19. The number of aliphatic carboxylic acids is 1. The molecule has 0 aromatic carbocycles. The van der Waals surface area contributed by atoms with E-state index in [1.54, 1.807) is 6.07 Å². The minimum absolute atomic E-state index is 0.273. The molecule has 0 spiro atoms. The standard InChI is InChI=1S/C14H14N2O3S/c1-2-7-16-14(19)10(5-6-13(17)18)9-11(15-16)12-4-3-8-20-12/h3-6,8-9H,2,7H2,1H3,(H,17,18)/b6-5+. The second kappa shape index (κ2) is 6.29. The molecule has 6 heteroatoms. The number of aryl methyl sites for hydroxylation is 1. The summed E-state index contributed by atoms with van der Waals surface area (Å²) in [5.41, 5.74) is 0.738. The number of nitrogens with zero attached hydrogens (tertiary/aromatic N) is 2. The lowest BCUT2D eigenvalue weighted by Crippen LogP contribution is -2.25. The molecule has 0 radical (unpaired) electrons. The predicted molar refractivity (Wildman–Crippen MR) is 78.8 cm³/mol. The molecule has 5 nitrogen and oxygen atoms in total. The summed E-state index contributed by atoms with van der Waals surface area (Å²) in [5.74, 6) is -1.08. The molecule has 0 aliphatic heterocycles. The van der Waals surface area contributed by atoms with Crippen molar-refractivity contribution in [1.29, 1.82) is 0 Å². The third-order valence-corrected chi connectivity index (χ3v) is 3.51. The lowest BCUT2D eigenvalue weighted by atomic mass is 10.2. The monoisotopic (exact) mass is 290 g/mol.